The molecule has 0 bridgehead atoms. The Hall–Kier alpha value is -0.0500. The summed E-state index contributed by atoms with van der Waals surface area (Å²) in [6.07, 6.45) is 3.27. The monoisotopic (exact) mass is 291 g/mol. The van der Waals surface area contributed by atoms with Crippen LogP contribution in [0.3, 0.4) is 0 Å². The van der Waals surface area contributed by atoms with Gasteiger partial charge in [-0.05, 0) is 37.0 Å². The lowest BCUT2D eigenvalue weighted by Crippen LogP contribution is -2.30. The predicted molar refractivity (Wildman–Crippen MR) is 81.9 cm³/mol. The van der Waals surface area contributed by atoms with E-state index in [1.54, 1.807) is 0 Å². The molecule has 17 heavy (non-hydrogen) atoms. The van der Waals surface area contributed by atoms with Gasteiger partial charge in [-0.1, -0.05) is 23.7 Å². The summed E-state index contributed by atoms with van der Waals surface area (Å²) in [5.41, 5.74) is 2.16. The molecule has 0 N–H and O–H groups in total. The molecule has 0 saturated carbocycles. The summed E-state index contributed by atoms with van der Waals surface area (Å²) in [5.74, 6) is 1.65. The number of hydrogen-bond acceptors (Lipinski definition) is 2. The van der Waals surface area contributed by atoms with E-state index in [1.165, 1.54) is 0 Å². The molecule has 1 atom stereocenters. The van der Waals surface area contributed by atoms with Crippen molar-refractivity contribution in [2.45, 2.75) is 25.3 Å². The first-order chi connectivity index (χ1) is 8.11. The molecule has 0 aliphatic heterocycles. The number of thioether (sulfide) groups is 1. The zero-order valence-electron chi connectivity index (χ0n) is 10.5. The molecule has 4 heteroatoms. The van der Waals surface area contributed by atoms with Gasteiger partial charge in [0.05, 0.1) is 10.7 Å². The van der Waals surface area contributed by atoms with E-state index < -0.39 is 0 Å². The molecule has 0 heterocycles. The number of para-hydroxylation sites is 1. The minimum atomic E-state index is 0.462. The lowest BCUT2D eigenvalue weighted by Gasteiger charge is -2.29. The van der Waals surface area contributed by atoms with Gasteiger partial charge in [-0.3, -0.25) is 0 Å². The number of halogens is 2. The summed E-state index contributed by atoms with van der Waals surface area (Å²) in [6.45, 7) is 2.22. The fourth-order valence-electron chi connectivity index (χ4n) is 1.77. The first kappa shape index (κ1) is 15.0. The zero-order chi connectivity index (χ0) is 12.8. The third-order valence-corrected chi connectivity index (χ3v) is 4.20. The minimum absolute atomic E-state index is 0.462. The first-order valence-corrected chi connectivity index (χ1v) is 7.97. The highest BCUT2D eigenvalue weighted by Crippen LogP contribution is 2.32. The molecule has 0 spiro atoms. The molecular weight excluding hydrogens is 273 g/mol. The molecule has 96 valence electrons. The van der Waals surface area contributed by atoms with Crippen molar-refractivity contribution in [1.29, 1.82) is 0 Å². The summed E-state index contributed by atoms with van der Waals surface area (Å²) in [5, 5.41) is 0.779. The Morgan fingerprint density at radius 2 is 2.12 bits per heavy atom. The van der Waals surface area contributed by atoms with E-state index in [-0.39, 0.29) is 0 Å². The Morgan fingerprint density at radius 1 is 1.41 bits per heavy atom. The number of hydrogen-bond donors (Lipinski definition) is 0. The van der Waals surface area contributed by atoms with Gasteiger partial charge in [0, 0.05) is 19.0 Å². The van der Waals surface area contributed by atoms with Crippen LogP contribution in [0.2, 0.25) is 5.02 Å². The van der Waals surface area contributed by atoms with E-state index in [0.29, 0.717) is 11.9 Å². The fraction of sp³-hybridized carbons (Fsp3) is 0.538. The van der Waals surface area contributed by atoms with Crippen LogP contribution in [0.1, 0.15) is 18.9 Å². The summed E-state index contributed by atoms with van der Waals surface area (Å²) >= 11 is 14.1. The number of benzene rings is 1. The second kappa shape index (κ2) is 7.40. The normalized spacial score (nSPS) is 12.5. The molecule has 1 nitrogen and oxygen atoms in total. The van der Waals surface area contributed by atoms with Gasteiger partial charge in [0.1, 0.15) is 0 Å². The second-order valence-electron chi connectivity index (χ2n) is 4.12. The van der Waals surface area contributed by atoms with Gasteiger partial charge in [0.25, 0.3) is 0 Å². The molecule has 1 aromatic carbocycles. The Kier molecular flexibility index (Phi) is 6.53. The van der Waals surface area contributed by atoms with E-state index >= 15 is 0 Å². The van der Waals surface area contributed by atoms with Crippen molar-refractivity contribution in [3.05, 3.63) is 28.8 Å². The molecule has 1 aromatic rings. The van der Waals surface area contributed by atoms with Crippen molar-refractivity contribution >= 4 is 40.7 Å². The van der Waals surface area contributed by atoms with Crippen molar-refractivity contribution < 1.29 is 0 Å². The van der Waals surface area contributed by atoms with Crippen LogP contribution in [0, 0.1) is 0 Å². The molecular formula is C13H19Cl2NS. The Labute approximate surface area is 118 Å². The number of nitrogens with zero attached hydrogens (tertiary/aromatic N) is 1. The van der Waals surface area contributed by atoms with Crippen LogP contribution in [0.25, 0.3) is 0 Å². The highest BCUT2D eigenvalue weighted by atomic mass is 35.5. The Morgan fingerprint density at radius 3 is 2.71 bits per heavy atom. The average Bonchev–Trinajstić information content (AvgIpc) is 2.34. The van der Waals surface area contributed by atoms with Gasteiger partial charge in [-0.2, -0.15) is 11.8 Å². The van der Waals surface area contributed by atoms with E-state index in [0.717, 1.165) is 28.4 Å². The highest BCUT2D eigenvalue weighted by molar-refractivity contribution is 7.98. The number of anilines is 1. The quantitative estimate of drug-likeness (QED) is 0.702. The van der Waals surface area contributed by atoms with Crippen molar-refractivity contribution in [2.24, 2.45) is 0 Å². The van der Waals surface area contributed by atoms with Crippen molar-refractivity contribution in [2.75, 3.05) is 24.0 Å². The summed E-state index contributed by atoms with van der Waals surface area (Å²) < 4.78 is 0. The zero-order valence-corrected chi connectivity index (χ0v) is 12.9. The van der Waals surface area contributed by atoms with Gasteiger partial charge in [-0.15, -0.1) is 11.6 Å². The summed E-state index contributed by atoms with van der Waals surface area (Å²) in [6, 6.07) is 6.37. The van der Waals surface area contributed by atoms with Gasteiger partial charge in [0.2, 0.25) is 0 Å². The maximum atomic E-state index is 6.28. The van der Waals surface area contributed by atoms with Crippen LogP contribution < -0.4 is 4.90 Å². The van der Waals surface area contributed by atoms with Crippen LogP contribution in [-0.4, -0.2) is 25.1 Å². The molecule has 1 rings (SSSR count). The maximum absolute atomic E-state index is 6.28. The summed E-state index contributed by atoms with van der Waals surface area (Å²) in [7, 11) is 2.09. The van der Waals surface area contributed by atoms with Gasteiger partial charge >= 0.3 is 0 Å². The molecule has 0 fully saturated rings. The molecule has 1 unspecified atom stereocenters. The standard InChI is InChI=1S/C13H19Cl2NS/c1-10(7-8-17-3)16(2)13-11(9-14)5-4-6-12(13)15/h4-6,10H,7-9H2,1-3H3. The minimum Gasteiger partial charge on any atom is -0.370 e. The molecule has 0 aliphatic rings. The van der Waals surface area contributed by atoms with Crippen LogP contribution in [0.15, 0.2) is 18.2 Å². The van der Waals surface area contributed by atoms with E-state index in [9.17, 15) is 0 Å². The van der Waals surface area contributed by atoms with Gasteiger partial charge in [-0.25, -0.2) is 0 Å². The molecule has 0 aliphatic carbocycles. The van der Waals surface area contributed by atoms with Crippen LogP contribution in [0.4, 0.5) is 5.69 Å². The smallest absolute Gasteiger partial charge is 0.0642 e. The SMILES string of the molecule is CSCCC(C)N(C)c1c(Cl)cccc1CCl. The lowest BCUT2D eigenvalue weighted by molar-refractivity contribution is 0.668. The van der Waals surface area contributed by atoms with Crippen LogP contribution >= 0.6 is 35.0 Å². The van der Waals surface area contributed by atoms with E-state index in [1.807, 2.05) is 30.0 Å². The predicted octanol–water partition coefficient (Wildman–Crippen LogP) is 4.66. The molecule has 0 radical (unpaired) electrons. The van der Waals surface area contributed by atoms with Gasteiger partial charge in [0.15, 0.2) is 0 Å². The topological polar surface area (TPSA) is 3.24 Å². The Bertz CT molecular complexity index is 357. The van der Waals surface area contributed by atoms with E-state index in [4.69, 9.17) is 23.2 Å². The van der Waals surface area contributed by atoms with Crippen molar-refractivity contribution in [3.63, 3.8) is 0 Å². The highest BCUT2D eigenvalue weighted by Gasteiger charge is 2.15. The van der Waals surface area contributed by atoms with Crippen LogP contribution in [-0.2, 0) is 5.88 Å². The third-order valence-electron chi connectivity index (χ3n) is 2.97. The van der Waals surface area contributed by atoms with Gasteiger partial charge < -0.3 is 4.90 Å². The molecule has 0 saturated heterocycles. The fourth-order valence-corrected chi connectivity index (χ4v) is 2.89. The molecule has 0 amide bonds. The Balaban J connectivity index is 2.90. The van der Waals surface area contributed by atoms with Crippen molar-refractivity contribution in [1.82, 2.24) is 0 Å². The van der Waals surface area contributed by atoms with Crippen molar-refractivity contribution in [3.8, 4) is 0 Å². The summed E-state index contributed by atoms with van der Waals surface area (Å²) in [4.78, 5) is 2.23. The third kappa shape index (κ3) is 3.97. The molecule has 0 aromatic heterocycles. The largest absolute Gasteiger partial charge is 0.370 e. The number of alkyl halides is 1. The maximum Gasteiger partial charge on any atom is 0.0642 e. The average molecular weight is 292 g/mol. The first-order valence-electron chi connectivity index (χ1n) is 5.67. The van der Waals surface area contributed by atoms with Crippen LogP contribution in [0.5, 0.6) is 0 Å². The second-order valence-corrected chi connectivity index (χ2v) is 5.78. The van der Waals surface area contributed by atoms with E-state index in [2.05, 4.69) is 25.1 Å². The lowest BCUT2D eigenvalue weighted by atomic mass is 10.1. The number of rotatable bonds is 6.